The van der Waals surface area contributed by atoms with E-state index in [9.17, 15) is 9.18 Å². The van der Waals surface area contributed by atoms with Crippen LogP contribution in [0, 0.1) is 11.7 Å². The molecule has 0 aromatic heterocycles. The molecule has 1 aliphatic heterocycles. The van der Waals surface area contributed by atoms with Crippen LogP contribution in [0.5, 0.6) is 5.75 Å². The second-order valence-electron chi connectivity index (χ2n) is 4.92. The Bertz CT molecular complexity index is 428. The number of carbonyl (C=O) groups excluding carboxylic acids is 1. The van der Waals surface area contributed by atoms with Gasteiger partial charge in [0.05, 0.1) is 6.61 Å². The largest absolute Gasteiger partial charge is 0.490 e. The highest BCUT2D eigenvalue weighted by molar-refractivity contribution is 5.75. The van der Waals surface area contributed by atoms with Gasteiger partial charge in [-0.2, -0.15) is 0 Å². The number of piperidine rings is 1. The fraction of sp³-hybridized carbons (Fsp3) is 0.533. The van der Waals surface area contributed by atoms with Crippen molar-refractivity contribution < 1.29 is 13.9 Å². The predicted molar refractivity (Wildman–Crippen MR) is 71.5 cm³/mol. The van der Waals surface area contributed by atoms with Crippen LogP contribution in [-0.4, -0.2) is 30.5 Å². The van der Waals surface area contributed by atoms with Gasteiger partial charge in [0.25, 0.3) is 0 Å². The minimum atomic E-state index is -0.318. The summed E-state index contributed by atoms with van der Waals surface area (Å²) < 4.78 is 18.9. The number of benzene rings is 1. The average Bonchev–Trinajstić information content (AvgIpc) is 2.46. The zero-order valence-corrected chi connectivity index (χ0v) is 11.3. The number of rotatable bonds is 4. The molecule has 3 nitrogen and oxygen atoms in total. The highest BCUT2D eigenvalue weighted by atomic mass is 19.1. The maximum Gasteiger partial charge on any atom is 0.222 e. The number of halogens is 1. The molecule has 4 heteroatoms. The van der Waals surface area contributed by atoms with Crippen molar-refractivity contribution in [2.45, 2.75) is 26.2 Å². The molecule has 1 fully saturated rings. The molecule has 0 unspecified atom stereocenters. The zero-order chi connectivity index (χ0) is 13.7. The Balaban J connectivity index is 1.77. The van der Waals surface area contributed by atoms with Gasteiger partial charge in [0, 0.05) is 19.5 Å². The molecule has 0 bridgehead atoms. The molecular weight excluding hydrogens is 245 g/mol. The van der Waals surface area contributed by atoms with Gasteiger partial charge in [-0.05, 0) is 30.9 Å². The summed E-state index contributed by atoms with van der Waals surface area (Å²) >= 11 is 0. The van der Waals surface area contributed by atoms with Crippen LogP contribution < -0.4 is 4.74 Å². The van der Waals surface area contributed by atoms with Gasteiger partial charge in [-0.1, -0.05) is 19.1 Å². The minimum Gasteiger partial charge on any atom is -0.490 e. The van der Waals surface area contributed by atoms with Crippen LogP contribution in [0.15, 0.2) is 24.3 Å². The van der Waals surface area contributed by atoms with Crippen molar-refractivity contribution in [3.05, 3.63) is 30.1 Å². The van der Waals surface area contributed by atoms with Gasteiger partial charge in [-0.3, -0.25) is 4.79 Å². The molecule has 1 aliphatic rings. The third kappa shape index (κ3) is 3.69. The summed E-state index contributed by atoms with van der Waals surface area (Å²) in [6, 6.07) is 6.46. The van der Waals surface area contributed by atoms with E-state index in [-0.39, 0.29) is 11.7 Å². The number of hydrogen-bond donors (Lipinski definition) is 0. The predicted octanol–water partition coefficient (Wildman–Crippen LogP) is 2.85. The molecule has 1 aromatic carbocycles. The summed E-state index contributed by atoms with van der Waals surface area (Å²) in [5, 5.41) is 0. The standard InChI is InChI=1S/C15H20FNO2/c1-2-15(18)17-9-7-12(8-10-17)11-19-14-6-4-3-5-13(14)16/h3-6,12H,2,7-11H2,1H3. The molecule has 0 saturated carbocycles. The molecule has 1 saturated heterocycles. The number of likely N-dealkylation sites (tertiary alicyclic amines) is 1. The monoisotopic (exact) mass is 265 g/mol. The van der Waals surface area contributed by atoms with E-state index in [0.717, 1.165) is 25.9 Å². The van der Waals surface area contributed by atoms with Gasteiger partial charge in [-0.15, -0.1) is 0 Å². The number of nitrogens with zero attached hydrogens (tertiary/aromatic N) is 1. The van der Waals surface area contributed by atoms with Crippen molar-refractivity contribution in [1.29, 1.82) is 0 Å². The van der Waals surface area contributed by atoms with Crippen LogP contribution >= 0.6 is 0 Å². The number of para-hydroxylation sites is 1. The Labute approximate surface area is 113 Å². The Morgan fingerprint density at radius 1 is 1.37 bits per heavy atom. The molecule has 2 rings (SSSR count). The minimum absolute atomic E-state index is 0.216. The van der Waals surface area contributed by atoms with Gasteiger partial charge in [0.2, 0.25) is 5.91 Å². The molecule has 104 valence electrons. The Morgan fingerprint density at radius 3 is 2.68 bits per heavy atom. The van der Waals surface area contributed by atoms with Gasteiger partial charge < -0.3 is 9.64 Å². The lowest BCUT2D eigenvalue weighted by atomic mass is 9.97. The summed E-state index contributed by atoms with van der Waals surface area (Å²) in [4.78, 5) is 13.4. The fourth-order valence-corrected chi connectivity index (χ4v) is 2.34. The maximum absolute atomic E-state index is 13.4. The molecule has 1 aromatic rings. The number of ether oxygens (including phenoxy) is 1. The van der Waals surface area contributed by atoms with Crippen molar-refractivity contribution in [3.8, 4) is 5.75 Å². The lowest BCUT2D eigenvalue weighted by Crippen LogP contribution is -2.39. The van der Waals surface area contributed by atoms with Crippen LogP contribution in [0.25, 0.3) is 0 Å². The van der Waals surface area contributed by atoms with E-state index in [0.29, 0.717) is 24.7 Å². The lowest BCUT2D eigenvalue weighted by molar-refractivity contribution is -0.132. The topological polar surface area (TPSA) is 29.5 Å². The first-order valence-electron chi connectivity index (χ1n) is 6.85. The third-order valence-corrected chi connectivity index (χ3v) is 3.58. The fourth-order valence-electron chi connectivity index (χ4n) is 2.34. The van der Waals surface area contributed by atoms with Gasteiger partial charge >= 0.3 is 0 Å². The highest BCUT2D eigenvalue weighted by Crippen LogP contribution is 2.21. The van der Waals surface area contributed by atoms with E-state index in [1.807, 2.05) is 11.8 Å². The van der Waals surface area contributed by atoms with Crippen molar-refractivity contribution >= 4 is 5.91 Å². The summed E-state index contributed by atoms with van der Waals surface area (Å²) in [5.74, 6) is 0.615. The van der Waals surface area contributed by atoms with Crippen LogP contribution in [-0.2, 0) is 4.79 Å². The molecule has 1 heterocycles. The van der Waals surface area contributed by atoms with E-state index >= 15 is 0 Å². The van der Waals surface area contributed by atoms with Gasteiger partial charge in [-0.25, -0.2) is 4.39 Å². The first-order chi connectivity index (χ1) is 9.20. The summed E-state index contributed by atoms with van der Waals surface area (Å²) in [5.41, 5.74) is 0. The molecule has 19 heavy (non-hydrogen) atoms. The van der Waals surface area contributed by atoms with Gasteiger partial charge in [0.15, 0.2) is 11.6 Å². The molecule has 0 atom stereocenters. The van der Waals surface area contributed by atoms with Crippen LogP contribution in [0.3, 0.4) is 0 Å². The second-order valence-corrected chi connectivity index (χ2v) is 4.92. The molecule has 0 radical (unpaired) electrons. The summed E-state index contributed by atoms with van der Waals surface area (Å²) in [6.45, 7) is 3.99. The van der Waals surface area contributed by atoms with E-state index in [1.165, 1.54) is 6.07 Å². The van der Waals surface area contributed by atoms with E-state index < -0.39 is 0 Å². The number of carbonyl (C=O) groups is 1. The van der Waals surface area contributed by atoms with Gasteiger partial charge in [0.1, 0.15) is 0 Å². The molecule has 0 spiro atoms. The zero-order valence-electron chi connectivity index (χ0n) is 11.3. The van der Waals surface area contributed by atoms with Crippen LogP contribution in [0.1, 0.15) is 26.2 Å². The average molecular weight is 265 g/mol. The van der Waals surface area contributed by atoms with E-state index in [1.54, 1.807) is 18.2 Å². The van der Waals surface area contributed by atoms with Crippen molar-refractivity contribution in [3.63, 3.8) is 0 Å². The first kappa shape index (κ1) is 13.8. The second kappa shape index (κ2) is 6.55. The Morgan fingerprint density at radius 2 is 2.05 bits per heavy atom. The maximum atomic E-state index is 13.4. The van der Waals surface area contributed by atoms with Crippen molar-refractivity contribution in [2.75, 3.05) is 19.7 Å². The molecular formula is C15H20FNO2. The quantitative estimate of drug-likeness (QED) is 0.837. The number of amides is 1. The highest BCUT2D eigenvalue weighted by Gasteiger charge is 2.22. The smallest absolute Gasteiger partial charge is 0.222 e. The lowest BCUT2D eigenvalue weighted by Gasteiger charge is -2.31. The molecule has 0 N–H and O–H groups in total. The third-order valence-electron chi connectivity index (χ3n) is 3.58. The van der Waals surface area contributed by atoms with E-state index in [4.69, 9.17) is 4.74 Å². The first-order valence-corrected chi connectivity index (χ1v) is 6.85. The normalized spacial score (nSPS) is 16.4. The number of hydrogen-bond acceptors (Lipinski definition) is 2. The van der Waals surface area contributed by atoms with Crippen LogP contribution in [0.2, 0.25) is 0 Å². The van der Waals surface area contributed by atoms with Crippen molar-refractivity contribution in [2.24, 2.45) is 5.92 Å². The molecule has 0 aliphatic carbocycles. The van der Waals surface area contributed by atoms with E-state index in [2.05, 4.69) is 0 Å². The molecule has 1 amide bonds. The summed E-state index contributed by atoms with van der Waals surface area (Å²) in [7, 11) is 0. The Kier molecular flexibility index (Phi) is 4.77. The Hall–Kier alpha value is -1.58. The summed E-state index contributed by atoms with van der Waals surface area (Å²) in [6.07, 6.45) is 2.43. The van der Waals surface area contributed by atoms with Crippen LogP contribution in [0.4, 0.5) is 4.39 Å². The van der Waals surface area contributed by atoms with Crippen molar-refractivity contribution in [1.82, 2.24) is 4.90 Å². The SMILES string of the molecule is CCC(=O)N1CCC(COc2ccccc2F)CC1.